The second-order valence-electron chi connectivity index (χ2n) is 2.69. The van der Waals surface area contributed by atoms with Crippen molar-refractivity contribution in [3.8, 4) is 0 Å². The van der Waals surface area contributed by atoms with Gasteiger partial charge in [0.2, 0.25) is 0 Å². The molecule has 0 saturated heterocycles. The van der Waals surface area contributed by atoms with Gasteiger partial charge in [0.05, 0.1) is 12.7 Å². The number of nitrogens with zero attached hydrogens (tertiary/aromatic N) is 2. The quantitative estimate of drug-likeness (QED) is 0.789. The fourth-order valence-electron chi connectivity index (χ4n) is 1.03. The fourth-order valence-corrected chi connectivity index (χ4v) is 1.20. The molecule has 4 nitrogen and oxygen atoms in total. The smallest absolute Gasteiger partial charge is 0.180 e. The van der Waals surface area contributed by atoms with Crippen molar-refractivity contribution < 1.29 is 4.42 Å². The van der Waals surface area contributed by atoms with Gasteiger partial charge in [0, 0.05) is 11.9 Å². The van der Waals surface area contributed by atoms with E-state index in [1.165, 1.54) is 6.39 Å². The van der Waals surface area contributed by atoms with Gasteiger partial charge in [0.1, 0.15) is 10.9 Å². The average molecular weight is 210 g/mol. The minimum Gasteiger partial charge on any atom is -0.447 e. The summed E-state index contributed by atoms with van der Waals surface area (Å²) in [5, 5.41) is 3.60. The molecule has 0 aliphatic heterocycles. The highest BCUT2D eigenvalue weighted by Crippen LogP contribution is 2.12. The molecule has 0 aliphatic rings. The summed E-state index contributed by atoms with van der Waals surface area (Å²) in [5.74, 6) is 0.776. The van der Waals surface area contributed by atoms with E-state index in [1.807, 2.05) is 6.07 Å². The van der Waals surface area contributed by atoms with Crippen LogP contribution >= 0.6 is 11.6 Å². The van der Waals surface area contributed by atoms with Crippen LogP contribution in [0.3, 0.4) is 0 Å². The van der Waals surface area contributed by atoms with Crippen molar-refractivity contribution in [2.75, 3.05) is 5.32 Å². The van der Waals surface area contributed by atoms with Gasteiger partial charge in [-0.15, -0.1) is 0 Å². The predicted molar refractivity (Wildman–Crippen MR) is 53.1 cm³/mol. The van der Waals surface area contributed by atoms with Crippen LogP contribution < -0.4 is 5.32 Å². The van der Waals surface area contributed by atoms with Gasteiger partial charge in [-0.25, -0.2) is 9.97 Å². The summed E-state index contributed by atoms with van der Waals surface area (Å²) in [6.45, 7) is 0.584. The van der Waals surface area contributed by atoms with Crippen LogP contribution in [0, 0.1) is 0 Å². The van der Waals surface area contributed by atoms with Crippen LogP contribution in [0.1, 0.15) is 5.76 Å². The lowest BCUT2D eigenvalue weighted by atomic mass is 10.4. The van der Waals surface area contributed by atoms with Gasteiger partial charge >= 0.3 is 0 Å². The number of aromatic nitrogens is 2. The van der Waals surface area contributed by atoms with Gasteiger partial charge in [-0.05, 0) is 12.1 Å². The van der Waals surface area contributed by atoms with Gasteiger partial charge in [0.15, 0.2) is 6.39 Å². The van der Waals surface area contributed by atoms with Crippen molar-refractivity contribution in [1.82, 2.24) is 9.97 Å². The predicted octanol–water partition coefficient (Wildman–Crippen LogP) is 2.34. The minimum atomic E-state index is 0.465. The van der Waals surface area contributed by atoms with Gasteiger partial charge in [-0.1, -0.05) is 11.6 Å². The lowest BCUT2D eigenvalue weighted by molar-refractivity contribution is 0.512. The zero-order valence-corrected chi connectivity index (χ0v) is 8.03. The Labute approximate surface area is 85.9 Å². The Morgan fingerprint density at radius 3 is 3.14 bits per heavy atom. The lowest BCUT2D eigenvalue weighted by Gasteiger charge is -2.02. The van der Waals surface area contributed by atoms with Crippen molar-refractivity contribution >= 4 is 17.3 Å². The van der Waals surface area contributed by atoms with Crippen LogP contribution in [-0.2, 0) is 6.54 Å². The number of anilines is 1. The molecular weight excluding hydrogens is 202 g/mol. The molecule has 2 aromatic rings. The number of halogens is 1. The summed E-state index contributed by atoms with van der Waals surface area (Å²) in [4.78, 5) is 7.68. The standard InChI is InChI=1S/C9H8ClN3O/c10-9-3-7(1-2-12-9)13-5-8-4-11-6-14-8/h1-4,6H,5H2,(H,12,13). The second-order valence-corrected chi connectivity index (χ2v) is 3.08. The maximum atomic E-state index is 5.72. The third kappa shape index (κ3) is 2.23. The van der Waals surface area contributed by atoms with Gasteiger partial charge in [-0.2, -0.15) is 0 Å². The number of hydrogen-bond donors (Lipinski definition) is 1. The van der Waals surface area contributed by atoms with E-state index >= 15 is 0 Å². The van der Waals surface area contributed by atoms with E-state index in [-0.39, 0.29) is 0 Å². The highest BCUT2D eigenvalue weighted by Gasteiger charge is 1.97. The van der Waals surface area contributed by atoms with E-state index in [4.69, 9.17) is 16.0 Å². The molecule has 0 aromatic carbocycles. The highest BCUT2D eigenvalue weighted by molar-refractivity contribution is 6.29. The molecule has 0 spiro atoms. The molecule has 0 radical (unpaired) electrons. The molecule has 0 saturated carbocycles. The molecule has 2 rings (SSSR count). The third-order valence-corrected chi connectivity index (χ3v) is 1.88. The summed E-state index contributed by atoms with van der Waals surface area (Å²) in [5.41, 5.74) is 0.904. The van der Waals surface area contributed by atoms with E-state index in [9.17, 15) is 0 Å². The number of hydrogen-bond acceptors (Lipinski definition) is 4. The lowest BCUT2D eigenvalue weighted by Crippen LogP contribution is -1.97. The molecule has 0 fully saturated rings. The Morgan fingerprint density at radius 2 is 2.43 bits per heavy atom. The highest BCUT2D eigenvalue weighted by atomic mass is 35.5. The second kappa shape index (κ2) is 4.11. The first-order valence-corrected chi connectivity index (χ1v) is 4.45. The molecule has 14 heavy (non-hydrogen) atoms. The zero-order chi connectivity index (χ0) is 9.80. The Balaban J connectivity index is 1.98. The largest absolute Gasteiger partial charge is 0.447 e. The maximum Gasteiger partial charge on any atom is 0.180 e. The SMILES string of the molecule is Clc1cc(NCc2cnco2)ccn1. The normalized spacial score (nSPS) is 10.1. The first-order chi connectivity index (χ1) is 6.84. The molecule has 0 atom stereocenters. The number of oxazole rings is 1. The Kier molecular flexibility index (Phi) is 2.65. The minimum absolute atomic E-state index is 0.465. The van der Waals surface area contributed by atoms with Crippen LogP contribution in [0.5, 0.6) is 0 Å². The molecular formula is C9H8ClN3O. The Morgan fingerprint density at radius 1 is 1.50 bits per heavy atom. The van der Waals surface area contributed by atoms with Crippen molar-refractivity contribution in [2.24, 2.45) is 0 Å². The van der Waals surface area contributed by atoms with E-state index in [1.54, 1.807) is 18.5 Å². The van der Waals surface area contributed by atoms with Crippen molar-refractivity contribution in [3.63, 3.8) is 0 Å². The molecule has 5 heteroatoms. The molecule has 2 aromatic heterocycles. The van der Waals surface area contributed by atoms with Gasteiger partial charge in [-0.3, -0.25) is 0 Å². The summed E-state index contributed by atoms with van der Waals surface area (Å²) in [6, 6.07) is 3.58. The number of rotatable bonds is 3. The zero-order valence-electron chi connectivity index (χ0n) is 7.27. The first-order valence-electron chi connectivity index (χ1n) is 4.07. The number of nitrogens with one attached hydrogen (secondary N) is 1. The molecule has 0 amide bonds. The molecule has 0 aliphatic carbocycles. The third-order valence-electron chi connectivity index (χ3n) is 1.68. The first kappa shape index (κ1) is 9.02. The van der Waals surface area contributed by atoms with Crippen molar-refractivity contribution in [1.29, 1.82) is 0 Å². The Hall–Kier alpha value is -1.55. The van der Waals surface area contributed by atoms with E-state index in [2.05, 4.69) is 15.3 Å². The molecule has 2 heterocycles. The van der Waals surface area contributed by atoms with Crippen LogP contribution in [0.2, 0.25) is 5.15 Å². The summed E-state index contributed by atoms with van der Waals surface area (Å²) in [7, 11) is 0. The molecule has 0 unspecified atom stereocenters. The average Bonchev–Trinajstić information content (AvgIpc) is 2.67. The maximum absolute atomic E-state index is 5.72. The molecule has 1 N–H and O–H groups in total. The molecule has 72 valence electrons. The summed E-state index contributed by atoms with van der Waals surface area (Å²) in [6.07, 6.45) is 4.71. The fraction of sp³-hybridized carbons (Fsp3) is 0.111. The van der Waals surface area contributed by atoms with Crippen LogP contribution in [0.25, 0.3) is 0 Å². The van der Waals surface area contributed by atoms with Crippen LogP contribution in [0.15, 0.2) is 35.3 Å². The summed E-state index contributed by atoms with van der Waals surface area (Å²) >= 11 is 5.72. The van der Waals surface area contributed by atoms with Gasteiger partial charge < -0.3 is 9.73 Å². The van der Waals surface area contributed by atoms with Crippen molar-refractivity contribution in [2.45, 2.75) is 6.54 Å². The molecule has 0 bridgehead atoms. The topological polar surface area (TPSA) is 51.0 Å². The Bertz CT molecular complexity index is 402. The summed E-state index contributed by atoms with van der Waals surface area (Å²) < 4.78 is 5.06. The van der Waals surface area contributed by atoms with E-state index in [0.29, 0.717) is 11.7 Å². The van der Waals surface area contributed by atoms with Crippen LogP contribution in [-0.4, -0.2) is 9.97 Å². The van der Waals surface area contributed by atoms with Crippen molar-refractivity contribution in [3.05, 3.63) is 41.8 Å². The van der Waals surface area contributed by atoms with E-state index in [0.717, 1.165) is 11.4 Å². The van der Waals surface area contributed by atoms with E-state index < -0.39 is 0 Å². The van der Waals surface area contributed by atoms with Gasteiger partial charge in [0.25, 0.3) is 0 Å². The number of pyridine rings is 1. The monoisotopic (exact) mass is 209 g/mol. The van der Waals surface area contributed by atoms with Crippen LogP contribution in [0.4, 0.5) is 5.69 Å².